The van der Waals surface area contributed by atoms with Gasteiger partial charge in [-0.25, -0.2) is 0 Å². The Balaban J connectivity index is 0.933. The second-order valence-electron chi connectivity index (χ2n) is 23.0. The van der Waals surface area contributed by atoms with Crippen LogP contribution in [0.15, 0.2) is 60.3 Å². The Kier molecular flexibility index (Phi) is 24.0. The van der Waals surface area contributed by atoms with Gasteiger partial charge >= 0.3 is 5.97 Å². The molecule has 5 rings (SSSR count). The van der Waals surface area contributed by atoms with Gasteiger partial charge in [-0.2, -0.15) is 0 Å². The molecule has 3 N–H and O–H groups in total. The van der Waals surface area contributed by atoms with Crippen LogP contribution >= 0.6 is 0 Å². The van der Waals surface area contributed by atoms with Crippen molar-refractivity contribution in [2.75, 3.05) is 6.61 Å². The van der Waals surface area contributed by atoms with Crippen molar-refractivity contribution < 1.29 is 34.3 Å². The molecule has 4 aliphatic carbocycles. The predicted molar refractivity (Wildman–Crippen MR) is 276 cm³/mol. The number of ether oxygens (including phenoxy) is 3. The number of rotatable bonds is 29. The van der Waals surface area contributed by atoms with Gasteiger partial charge in [-0.05, 0) is 149 Å². The van der Waals surface area contributed by atoms with E-state index in [4.69, 9.17) is 14.2 Å². The number of esters is 1. The zero-order valence-electron chi connectivity index (χ0n) is 43.8. The quantitative estimate of drug-likeness (QED) is 0.0390. The molecule has 0 aromatic rings. The van der Waals surface area contributed by atoms with Gasteiger partial charge in [-0.15, -0.1) is 0 Å². The molecule has 0 aromatic carbocycles. The number of fused-ring (bicyclic) bond motifs is 5. The summed E-state index contributed by atoms with van der Waals surface area (Å²) >= 11 is 0. The van der Waals surface area contributed by atoms with Gasteiger partial charge in [-0.3, -0.25) is 4.79 Å². The Labute approximate surface area is 410 Å². The van der Waals surface area contributed by atoms with Crippen LogP contribution in [0.1, 0.15) is 215 Å². The molecule has 1 aliphatic heterocycles. The van der Waals surface area contributed by atoms with E-state index in [1.165, 1.54) is 102 Å². The van der Waals surface area contributed by atoms with Gasteiger partial charge in [-0.1, -0.05) is 173 Å². The second kappa shape index (κ2) is 28.7. The monoisotopic (exact) mass is 933 g/mol. The van der Waals surface area contributed by atoms with Crippen LogP contribution in [0.2, 0.25) is 0 Å². The van der Waals surface area contributed by atoms with E-state index in [-0.39, 0.29) is 24.1 Å². The molecule has 0 bridgehead atoms. The molecule has 3 saturated carbocycles. The highest BCUT2D eigenvalue weighted by Gasteiger charge is 2.59. The highest BCUT2D eigenvalue weighted by molar-refractivity contribution is 5.69. The number of carbonyl (C=O) groups excluding carboxylic acids is 1. The van der Waals surface area contributed by atoms with Crippen molar-refractivity contribution in [3.63, 3.8) is 0 Å². The number of hydrogen-bond acceptors (Lipinski definition) is 7. The molecule has 14 unspecified atom stereocenters. The first-order valence-corrected chi connectivity index (χ1v) is 28.1. The minimum atomic E-state index is -1.45. The third-order valence-electron chi connectivity index (χ3n) is 18.0. The molecule has 0 radical (unpaired) electrons. The lowest BCUT2D eigenvalue weighted by molar-refractivity contribution is -0.313. The molecule has 1 saturated heterocycles. The standard InChI is InChI=1S/C60H100O7/c1-8-9-10-11-12-13-14-15-16-17-18-19-20-21-22-23-24-25-26-27-28-29-30-31-54(61)65-43-53-55(62)56(63)57(64)58(67-53)66-48-38-40-59(6)47(42-48)34-35-49-51-37-36-50(60(51,7)41-39-52(49)59)46(5)33-32-45(4)44(2)3/h14-15,17-18,20-21,32-34,44-46,48-53,55-58,62-64H,8-13,16,19,22-31,35-43H2,1-7H3/b15-14-,18-17-,21-20-,33-32+. The van der Waals surface area contributed by atoms with E-state index < -0.39 is 30.7 Å². The van der Waals surface area contributed by atoms with Crippen LogP contribution in [-0.2, 0) is 19.0 Å². The summed E-state index contributed by atoms with van der Waals surface area (Å²) < 4.78 is 18.1. The molecule has 7 nitrogen and oxygen atoms in total. The SMILES string of the molecule is CCCCCCC/C=C\C/C=C\C/C=C\CCCCCCCCCCC(=O)OCC1OC(OC2CCC3(C)C(=CCC4C3CCC3(C)C(C(C)/C=C/C(C)C(C)C)CCC43)C2)C(O)C(O)C1O. The van der Waals surface area contributed by atoms with Crippen LogP contribution in [0, 0.1) is 52.3 Å². The maximum Gasteiger partial charge on any atom is 0.305 e. The summed E-state index contributed by atoms with van der Waals surface area (Å²) in [4.78, 5) is 12.7. The van der Waals surface area contributed by atoms with E-state index in [1.807, 2.05) is 0 Å². The van der Waals surface area contributed by atoms with Gasteiger partial charge in [0.1, 0.15) is 31.0 Å². The second-order valence-corrected chi connectivity index (χ2v) is 23.0. The summed E-state index contributed by atoms with van der Waals surface area (Å²) in [6, 6.07) is 0. The Morgan fingerprint density at radius 3 is 2.01 bits per heavy atom. The molecule has 0 spiro atoms. The van der Waals surface area contributed by atoms with Gasteiger partial charge in [0.2, 0.25) is 0 Å². The van der Waals surface area contributed by atoms with Crippen molar-refractivity contribution in [3.05, 3.63) is 60.3 Å². The fourth-order valence-electron chi connectivity index (χ4n) is 13.2. The Hall–Kier alpha value is -2.03. The average Bonchev–Trinajstić information content (AvgIpc) is 3.68. The molecule has 4 fully saturated rings. The molecule has 0 aromatic heterocycles. The summed E-state index contributed by atoms with van der Waals surface area (Å²) in [7, 11) is 0. The maximum atomic E-state index is 12.7. The summed E-state index contributed by atoms with van der Waals surface area (Å²) in [5, 5.41) is 32.6. The first-order chi connectivity index (χ1) is 32.3. The topological polar surface area (TPSA) is 105 Å². The Bertz CT molecular complexity index is 1580. The summed E-state index contributed by atoms with van der Waals surface area (Å²) in [5.74, 6) is 4.52. The lowest BCUT2D eigenvalue weighted by Gasteiger charge is -2.58. The van der Waals surface area contributed by atoms with Crippen molar-refractivity contribution >= 4 is 5.97 Å². The van der Waals surface area contributed by atoms with Crippen molar-refractivity contribution in [2.24, 2.45) is 52.3 Å². The zero-order chi connectivity index (χ0) is 48.2. The van der Waals surface area contributed by atoms with Crippen molar-refractivity contribution in [1.29, 1.82) is 0 Å². The average molecular weight is 933 g/mol. The van der Waals surface area contributed by atoms with E-state index in [1.54, 1.807) is 0 Å². The van der Waals surface area contributed by atoms with Crippen LogP contribution in [-0.4, -0.2) is 64.7 Å². The smallest absolute Gasteiger partial charge is 0.305 e. The molecule has 1 heterocycles. The van der Waals surface area contributed by atoms with Gasteiger partial charge in [0.05, 0.1) is 6.10 Å². The molecular formula is C60H100O7. The van der Waals surface area contributed by atoms with Gasteiger partial charge < -0.3 is 29.5 Å². The number of aliphatic hydroxyl groups is 3. The van der Waals surface area contributed by atoms with E-state index >= 15 is 0 Å². The zero-order valence-corrected chi connectivity index (χ0v) is 43.8. The highest BCUT2D eigenvalue weighted by atomic mass is 16.7. The van der Waals surface area contributed by atoms with Gasteiger partial charge in [0, 0.05) is 6.42 Å². The van der Waals surface area contributed by atoms with Crippen molar-refractivity contribution in [3.8, 4) is 0 Å². The lowest BCUT2D eigenvalue weighted by atomic mass is 9.47. The fraction of sp³-hybridized carbons (Fsp3) is 0.817. The first-order valence-electron chi connectivity index (χ1n) is 28.1. The van der Waals surface area contributed by atoms with Crippen LogP contribution in [0.25, 0.3) is 0 Å². The summed E-state index contributed by atoms with van der Waals surface area (Å²) in [6.07, 6.45) is 44.5. The molecule has 5 aliphatic rings. The minimum Gasteiger partial charge on any atom is -0.463 e. The molecule has 0 amide bonds. The summed E-state index contributed by atoms with van der Waals surface area (Å²) in [5.41, 5.74) is 2.04. The Morgan fingerprint density at radius 1 is 0.731 bits per heavy atom. The number of allylic oxidation sites excluding steroid dienone is 9. The van der Waals surface area contributed by atoms with E-state index in [2.05, 4.69) is 103 Å². The largest absolute Gasteiger partial charge is 0.463 e. The molecular weight excluding hydrogens is 833 g/mol. The van der Waals surface area contributed by atoms with Crippen molar-refractivity contribution in [1.82, 2.24) is 0 Å². The molecule has 382 valence electrons. The first kappa shape index (κ1) is 55.9. The maximum absolute atomic E-state index is 12.7. The predicted octanol–water partition coefficient (Wildman–Crippen LogP) is 14.5. The van der Waals surface area contributed by atoms with Gasteiger partial charge in [0.15, 0.2) is 6.29 Å². The fourth-order valence-corrected chi connectivity index (χ4v) is 13.2. The van der Waals surface area contributed by atoms with Crippen LogP contribution in [0.3, 0.4) is 0 Å². The van der Waals surface area contributed by atoms with Crippen LogP contribution in [0.4, 0.5) is 0 Å². The third-order valence-corrected chi connectivity index (χ3v) is 18.0. The van der Waals surface area contributed by atoms with E-state index in [0.717, 1.165) is 82.0 Å². The molecule has 14 atom stereocenters. The Morgan fingerprint density at radius 2 is 1.36 bits per heavy atom. The van der Waals surface area contributed by atoms with E-state index in [0.29, 0.717) is 35.5 Å². The van der Waals surface area contributed by atoms with E-state index in [9.17, 15) is 20.1 Å². The molecule has 67 heavy (non-hydrogen) atoms. The van der Waals surface area contributed by atoms with Crippen LogP contribution < -0.4 is 0 Å². The summed E-state index contributed by atoms with van der Waals surface area (Å²) in [6.45, 7) is 16.7. The number of carbonyl (C=O) groups is 1. The van der Waals surface area contributed by atoms with Crippen molar-refractivity contribution in [2.45, 2.75) is 252 Å². The normalized spacial score (nSPS) is 34.2. The molecule has 7 heteroatoms. The van der Waals surface area contributed by atoms with Crippen LogP contribution in [0.5, 0.6) is 0 Å². The lowest BCUT2D eigenvalue weighted by Crippen LogP contribution is -2.60. The minimum absolute atomic E-state index is 0.152. The highest BCUT2D eigenvalue weighted by Crippen LogP contribution is 2.67. The number of aliphatic hydroxyl groups excluding tert-OH is 3. The third kappa shape index (κ3) is 16.2. The number of hydrogen-bond donors (Lipinski definition) is 3. The number of unbranched alkanes of at least 4 members (excludes halogenated alkanes) is 13. The van der Waals surface area contributed by atoms with Gasteiger partial charge in [0.25, 0.3) is 0 Å².